The van der Waals surface area contributed by atoms with Gasteiger partial charge in [-0.15, -0.1) is 0 Å². The summed E-state index contributed by atoms with van der Waals surface area (Å²) in [4.78, 5) is 17.7. The van der Waals surface area contributed by atoms with Gasteiger partial charge in [0.2, 0.25) is 0 Å². The quantitative estimate of drug-likeness (QED) is 0.302. The van der Waals surface area contributed by atoms with Crippen molar-refractivity contribution in [1.29, 1.82) is 0 Å². The number of rotatable bonds is 9. The van der Waals surface area contributed by atoms with Crippen LogP contribution in [0.15, 0.2) is 89.7 Å². The van der Waals surface area contributed by atoms with E-state index in [1.807, 2.05) is 37.4 Å². The molecule has 2 fully saturated rings. The van der Waals surface area contributed by atoms with Crippen LogP contribution < -0.4 is 15.2 Å². The molecule has 238 valence electrons. The minimum absolute atomic E-state index is 0.178. The van der Waals surface area contributed by atoms with Crippen molar-refractivity contribution in [3.63, 3.8) is 0 Å². The molecule has 2 unspecified atom stereocenters. The number of aryl methyl sites for hydroxylation is 1. The van der Waals surface area contributed by atoms with E-state index in [1.54, 1.807) is 24.7 Å². The Kier molecular flexibility index (Phi) is 8.55. The smallest absolute Gasteiger partial charge is 0.148 e. The van der Waals surface area contributed by atoms with Crippen LogP contribution >= 0.6 is 0 Å². The van der Waals surface area contributed by atoms with E-state index >= 15 is 0 Å². The second kappa shape index (κ2) is 13.1. The fourth-order valence-corrected chi connectivity index (χ4v) is 6.67. The molecule has 3 aromatic rings. The second-order valence-electron chi connectivity index (χ2n) is 12.3. The van der Waals surface area contributed by atoms with Crippen LogP contribution in [0, 0.1) is 24.6 Å². The zero-order chi connectivity index (χ0) is 31.6. The first-order valence-electron chi connectivity index (χ1n) is 16.0. The molecule has 10 heteroatoms. The van der Waals surface area contributed by atoms with Crippen molar-refractivity contribution in [2.45, 2.75) is 45.8 Å². The number of likely N-dealkylation sites (tertiary alicyclic amines) is 1. The lowest BCUT2D eigenvalue weighted by Gasteiger charge is -2.45. The van der Waals surface area contributed by atoms with Crippen molar-refractivity contribution in [3.05, 3.63) is 107 Å². The molecule has 9 nitrogen and oxygen atoms in total. The minimum Gasteiger partial charge on any atom is -0.489 e. The van der Waals surface area contributed by atoms with E-state index in [0.29, 0.717) is 40.9 Å². The van der Waals surface area contributed by atoms with Gasteiger partial charge in [-0.2, -0.15) is 0 Å². The highest BCUT2D eigenvalue weighted by atomic mass is 19.1. The van der Waals surface area contributed by atoms with Gasteiger partial charge in [-0.3, -0.25) is 4.90 Å². The maximum Gasteiger partial charge on any atom is 0.148 e. The molecular formula is C36H39FN6O3. The maximum absolute atomic E-state index is 14.5. The van der Waals surface area contributed by atoms with Crippen LogP contribution in [0.4, 0.5) is 4.39 Å². The number of aromatic nitrogens is 2. The Balaban J connectivity index is 1.10. The Labute approximate surface area is 268 Å². The molecular weight excluding hydrogens is 583 g/mol. The molecule has 0 bridgehead atoms. The molecule has 0 saturated carbocycles. The lowest BCUT2D eigenvalue weighted by molar-refractivity contribution is -0.0750. The molecule has 0 spiro atoms. The first kappa shape index (κ1) is 30.1. The third-order valence-electron chi connectivity index (χ3n) is 9.12. The lowest BCUT2D eigenvalue weighted by Crippen LogP contribution is -2.53. The summed E-state index contributed by atoms with van der Waals surface area (Å²) in [5.41, 5.74) is 11.9. The average molecular weight is 623 g/mol. The number of hydrogen-bond acceptors (Lipinski definition) is 9. The van der Waals surface area contributed by atoms with Crippen LogP contribution in [-0.4, -0.2) is 57.9 Å². The van der Waals surface area contributed by atoms with Crippen molar-refractivity contribution >= 4 is 11.4 Å². The molecule has 46 heavy (non-hydrogen) atoms. The van der Waals surface area contributed by atoms with Gasteiger partial charge in [0.25, 0.3) is 0 Å². The number of ether oxygens (including phenoxy) is 3. The van der Waals surface area contributed by atoms with E-state index in [1.165, 1.54) is 24.3 Å². The number of nitrogens with zero attached hydrogens (tertiary/aromatic N) is 5. The number of piperidine rings is 1. The van der Waals surface area contributed by atoms with Crippen molar-refractivity contribution in [2.75, 3.05) is 26.3 Å². The molecule has 4 aliphatic rings. The fraction of sp³-hybridized carbons (Fsp3) is 0.361. The van der Waals surface area contributed by atoms with Gasteiger partial charge >= 0.3 is 0 Å². The van der Waals surface area contributed by atoms with Gasteiger partial charge in [0.15, 0.2) is 0 Å². The Bertz CT molecular complexity index is 1700. The standard InChI is InChI=1S/C36H39FN6O3/c1-3-25-13-33(27-5-4-11-42(19-27)29-21-44-22-29)43-12-10-39-36(38)35(43)34(25)26-6-8-30(9-7-26)46-32-15-28(37)14-31(16-32)45-20-24-17-40-23(2)41-18-24/h6-10,12-18,25,27,29H,3-5,11,19-22H2,1-2H3,(H2,38,39). The van der Waals surface area contributed by atoms with Gasteiger partial charge < -0.3 is 24.8 Å². The van der Waals surface area contributed by atoms with Crippen molar-refractivity contribution in [3.8, 4) is 17.2 Å². The summed E-state index contributed by atoms with van der Waals surface area (Å²) in [6.45, 7) is 8.07. The van der Waals surface area contributed by atoms with Crippen LogP contribution in [0.5, 0.6) is 17.2 Å². The lowest BCUT2D eigenvalue weighted by atomic mass is 9.81. The van der Waals surface area contributed by atoms with E-state index in [9.17, 15) is 4.39 Å². The Hall–Kier alpha value is -4.54. The number of aliphatic imine (C=N–C) groups is 1. The first-order valence-corrected chi connectivity index (χ1v) is 16.0. The van der Waals surface area contributed by atoms with E-state index in [4.69, 9.17) is 19.9 Å². The number of fused-ring (bicyclic) bond motifs is 1. The predicted octanol–water partition coefficient (Wildman–Crippen LogP) is 6.19. The highest BCUT2D eigenvalue weighted by Crippen LogP contribution is 2.43. The molecule has 4 aliphatic heterocycles. The Morgan fingerprint density at radius 1 is 1.04 bits per heavy atom. The molecule has 2 N–H and O–H groups in total. The SMILES string of the molecule is CCC1C=C(C2CCCN(C3COC3)C2)N2C=CN=C(N)C2=C1c1ccc(Oc2cc(F)cc(OCc3cnc(C)nc3)c2)cc1. The van der Waals surface area contributed by atoms with Gasteiger partial charge in [-0.05, 0) is 56.0 Å². The van der Waals surface area contributed by atoms with Crippen LogP contribution in [-0.2, 0) is 11.3 Å². The molecule has 0 amide bonds. The topological polar surface area (TPSA) is 98.3 Å². The third kappa shape index (κ3) is 6.27. The zero-order valence-electron chi connectivity index (χ0n) is 26.2. The number of benzene rings is 2. The number of allylic oxidation sites excluding steroid dienone is 2. The molecule has 7 rings (SSSR count). The first-order chi connectivity index (χ1) is 22.4. The van der Waals surface area contributed by atoms with Gasteiger partial charge in [-0.25, -0.2) is 19.4 Å². The summed E-state index contributed by atoms with van der Waals surface area (Å²) >= 11 is 0. The number of amidine groups is 1. The molecule has 0 radical (unpaired) electrons. The summed E-state index contributed by atoms with van der Waals surface area (Å²) < 4.78 is 31.9. The number of nitrogens with two attached hydrogens (primary N) is 1. The van der Waals surface area contributed by atoms with Gasteiger partial charge in [0, 0.05) is 72.6 Å². The number of hydrogen-bond donors (Lipinski definition) is 1. The van der Waals surface area contributed by atoms with Gasteiger partial charge in [0.05, 0.1) is 25.0 Å². The number of halogens is 1. The highest BCUT2D eigenvalue weighted by Gasteiger charge is 2.37. The van der Waals surface area contributed by atoms with Crippen LogP contribution in [0.3, 0.4) is 0 Å². The van der Waals surface area contributed by atoms with E-state index in [2.05, 4.69) is 37.8 Å². The van der Waals surface area contributed by atoms with E-state index in [0.717, 1.165) is 61.5 Å². The molecule has 2 saturated heterocycles. The summed E-state index contributed by atoms with van der Waals surface area (Å²) in [6.07, 6.45) is 12.9. The molecule has 2 atom stereocenters. The minimum atomic E-state index is -0.450. The third-order valence-corrected chi connectivity index (χ3v) is 9.12. The van der Waals surface area contributed by atoms with Crippen LogP contribution in [0.25, 0.3) is 5.57 Å². The van der Waals surface area contributed by atoms with Gasteiger partial charge in [0.1, 0.15) is 41.3 Å². The second-order valence-corrected chi connectivity index (χ2v) is 12.3. The molecule has 5 heterocycles. The summed E-state index contributed by atoms with van der Waals surface area (Å²) in [5.74, 6) is 2.63. The summed E-state index contributed by atoms with van der Waals surface area (Å²) in [7, 11) is 0. The predicted molar refractivity (Wildman–Crippen MR) is 174 cm³/mol. The van der Waals surface area contributed by atoms with Crippen LogP contribution in [0.2, 0.25) is 0 Å². The molecule has 1 aromatic heterocycles. The molecule has 0 aliphatic carbocycles. The fourth-order valence-electron chi connectivity index (χ4n) is 6.67. The Morgan fingerprint density at radius 3 is 2.57 bits per heavy atom. The van der Waals surface area contributed by atoms with Gasteiger partial charge in [-0.1, -0.05) is 25.1 Å². The summed E-state index contributed by atoms with van der Waals surface area (Å²) in [5, 5.41) is 0. The monoisotopic (exact) mass is 622 g/mol. The van der Waals surface area contributed by atoms with Crippen molar-refractivity contribution < 1.29 is 18.6 Å². The van der Waals surface area contributed by atoms with E-state index < -0.39 is 5.82 Å². The van der Waals surface area contributed by atoms with Crippen molar-refractivity contribution in [2.24, 2.45) is 22.6 Å². The normalized spacial score (nSPS) is 21.8. The van der Waals surface area contributed by atoms with Crippen molar-refractivity contribution in [1.82, 2.24) is 19.8 Å². The highest BCUT2D eigenvalue weighted by molar-refractivity contribution is 6.05. The summed E-state index contributed by atoms with van der Waals surface area (Å²) in [6, 6.07) is 12.8. The molecule has 2 aromatic carbocycles. The Morgan fingerprint density at radius 2 is 1.83 bits per heavy atom. The average Bonchev–Trinajstić information content (AvgIpc) is 3.03. The van der Waals surface area contributed by atoms with E-state index in [-0.39, 0.29) is 12.5 Å². The largest absolute Gasteiger partial charge is 0.489 e. The van der Waals surface area contributed by atoms with Crippen LogP contribution in [0.1, 0.15) is 43.1 Å². The zero-order valence-corrected chi connectivity index (χ0v) is 26.2. The maximum atomic E-state index is 14.5.